The highest BCUT2D eigenvalue weighted by Crippen LogP contribution is 2.36. The Balaban J connectivity index is 2.63. The normalized spacial score (nSPS) is 13.0. The van der Waals surface area contributed by atoms with Gasteiger partial charge in [-0.3, -0.25) is 0 Å². The maximum atomic E-state index is 13.3. The minimum Gasteiger partial charge on any atom is -0.338 e. The highest BCUT2D eigenvalue weighted by molar-refractivity contribution is 7.90. The van der Waals surface area contributed by atoms with Crippen molar-refractivity contribution in [1.29, 1.82) is 0 Å². The number of rotatable bonds is 6. The number of halogens is 3. The third kappa shape index (κ3) is 5.17. The van der Waals surface area contributed by atoms with Crippen LogP contribution in [0.15, 0.2) is 40.5 Å². The Morgan fingerprint density at radius 2 is 1.68 bits per heavy atom. The topological polar surface area (TPSA) is 118 Å². The fourth-order valence-corrected chi connectivity index (χ4v) is 4.07. The van der Waals surface area contributed by atoms with E-state index in [0.29, 0.717) is 6.20 Å². The molecule has 1 heterocycles. The number of alkyl halides is 3. The van der Waals surface area contributed by atoms with Crippen molar-refractivity contribution in [3.8, 4) is 0 Å². The molecule has 0 aliphatic heterocycles. The lowest BCUT2D eigenvalue weighted by atomic mass is 10.2. The van der Waals surface area contributed by atoms with Crippen LogP contribution in [-0.4, -0.2) is 39.1 Å². The zero-order valence-corrected chi connectivity index (χ0v) is 16.6. The van der Waals surface area contributed by atoms with Gasteiger partial charge >= 0.3 is 6.18 Å². The van der Waals surface area contributed by atoms with Gasteiger partial charge in [0.05, 0.1) is 5.69 Å². The molecule has 0 bridgehead atoms. The number of nitrogens with one attached hydrogen (secondary N) is 2. The molecule has 1 aromatic heterocycles. The van der Waals surface area contributed by atoms with E-state index >= 15 is 0 Å². The van der Waals surface area contributed by atoms with E-state index in [0.717, 1.165) is 6.26 Å². The minimum atomic E-state index is -4.90. The molecule has 0 fully saturated rings. The van der Waals surface area contributed by atoms with Gasteiger partial charge in [-0.1, -0.05) is 12.1 Å². The van der Waals surface area contributed by atoms with Crippen molar-refractivity contribution in [3.05, 3.63) is 36.0 Å². The van der Waals surface area contributed by atoms with Crippen LogP contribution in [-0.2, 0) is 26.0 Å². The summed E-state index contributed by atoms with van der Waals surface area (Å²) in [5.41, 5.74) is -1.55. The molecule has 0 saturated carbocycles. The van der Waals surface area contributed by atoms with Crippen molar-refractivity contribution in [1.82, 2.24) is 14.7 Å². The fraction of sp³-hybridized carbons (Fsp3) is 0.333. The predicted octanol–water partition coefficient (Wildman–Crippen LogP) is 2.33. The lowest BCUT2D eigenvalue weighted by Crippen LogP contribution is -2.30. The zero-order chi connectivity index (χ0) is 21.3. The summed E-state index contributed by atoms with van der Waals surface area (Å²) in [6, 6.07) is 4.77. The first-order chi connectivity index (χ1) is 12.7. The Bertz CT molecular complexity index is 1080. The van der Waals surface area contributed by atoms with E-state index in [4.69, 9.17) is 0 Å². The number of sulfone groups is 1. The van der Waals surface area contributed by atoms with Crippen LogP contribution < -0.4 is 10.0 Å². The summed E-state index contributed by atoms with van der Waals surface area (Å²) >= 11 is 0. The third-order valence-corrected chi connectivity index (χ3v) is 5.80. The van der Waals surface area contributed by atoms with Crippen LogP contribution in [0.25, 0.3) is 0 Å². The molecule has 2 aromatic rings. The Morgan fingerprint density at radius 1 is 1.07 bits per heavy atom. The molecule has 28 heavy (non-hydrogen) atoms. The molecule has 0 atom stereocenters. The van der Waals surface area contributed by atoms with Crippen molar-refractivity contribution in [2.24, 2.45) is 0 Å². The van der Waals surface area contributed by atoms with Crippen LogP contribution in [0.3, 0.4) is 0 Å². The van der Waals surface area contributed by atoms with E-state index < -0.39 is 48.6 Å². The van der Waals surface area contributed by atoms with Crippen LogP contribution >= 0.6 is 0 Å². The Labute approximate surface area is 160 Å². The number of aromatic nitrogens is 2. The number of para-hydroxylation sites is 1. The molecule has 0 amide bonds. The number of hydrogen-bond acceptors (Lipinski definition) is 7. The molecule has 1 aromatic carbocycles. The maximum absolute atomic E-state index is 13.3. The molecule has 0 saturated heterocycles. The molecule has 0 aliphatic rings. The summed E-state index contributed by atoms with van der Waals surface area (Å²) in [6.07, 6.45) is -3.83. The van der Waals surface area contributed by atoms with Gasteiger partial charge < -0.3 is 5.32 Å². The van der Waals surface area contributed by atoms with Crippen LogP contribution in [0.4, 0.5) is 24.7 Å². The largest absolute Gasteiger partial charge is 0.421 e. The quantitative estimate of drug-likeness (QED) is 0.665. The molecule has 13 heteroatoms. The second-order valence-electron chi connectivity index (χ2n) is 6.08. The summed E-state index contributed by atoms with van der Waals surface area (Å²) in [5.74, 6) is -0.880. The number of nitrogens with zero attached hydrogens (tertiary/aromatic N) is 2. The van der Waals surface area contributed by atoms with Gasteiger partial charge in [0.2, 0.25) is 25.0 Å². The molecule has 8 nitrogen and oxygen atoms in total. The van der Waals surface area contributed by atoms with E-state index in [-0.39, 0.29) is 10.6 Å². The second-order valence-corrected chi connectivity index (χ2v) is 9.67. The lowest BCUT2D eigenvalue weighted by Gasteiger charge is -2.17. The summed E-state index contributed by atoms with van der Waals surface area (Å²) in [7, 11) is -8.05. The molecular weight excluding hydrogens is 421 g/mol. The van der Waals surface area contributed by atoms with Crippen LogP contribution in [0.1, 0.15) is 19.4 Å². The number of hydrogen-bond donors (Lipinski definition) is 2. The van der Waals surface area contributed by atoms with Crippen molar-refractivity contribution >= 4 is 31.4 Å². The number of sulfonamides is 1. The van der Waals surface area contributed by atoms with Gasteiger partial charge in [-0.15, -0.1) is 0 Å². The summed E-state index contributed by atoms with van der Waals surface area (Å²) in [4.78, 5) is 6.36. The number of anilines is 2. The monoisotopic (exact) mass is 438 g/mol. The van der Waals surface area contributed by atoms with Gasteiger partial charge in [0.1, 0.15) is 16.3 Å². The van der Waals surface area contributed by atoms with Crippen molar-refractivity contribution < 1.29 is 30.0 Å². The van der Waals surface area contributed by atoms with Crippen molar-refractivity contribution in [2.75, 3.05) is 11.6 Å². The molecule has 2 N–H and O–H groups in total. The zero-order valence-electron chi connectivity index (χ0n) is 14.9. The smallest absolute Gasteiger partial charge is 0.338 e. The minimum absolute atomic E-state index is 0.209. The van der Waals surface area contributed by atoms with E-state index in [1.54, 1.807) is 13.8 Å². The first kappa shape index (κ1) is 22.0. The predicted molar refractivity (Wildman–Crippen MR) is 95.3 cm³/mol. The van der Waals surface area contributed by atoms with Gasteiger partial charge in [-0.2, -0.15) is 13.2 Å². The molecule has 0 radical (unpaired) electrons. The van der Waals surface area contributed by atoms with Crippen molar-refractivity contribution in [3.63, 3.8) is 0 Å². The van der Waals surface area contributed by atoms with E-state index in [1.165, 1.54) is 24.3 Å². The summed E-state index contributed by atoms with van der Waals surface area (Å²) in [5, 5.41) is 1.45. The third-order valence-electron chi connectivity index (χ3n) is 3.22. The van der Waals surface area contributed by atoms with Crippen LogP contribution in [0.2, 0.25) is 0 Å². The molecule has 2 rings (SSSR count). The summed E-state index contributed by atoms with van der Waals surface area (Å²) < 4.78 is 90.3. The molecular formula is C15H17F3N4O4S2. The lowest BCUT2D eigenvalue weighted by molar-refractivity contribution is -0.137. The maximum Gasteiger partial charge on any atom is 0.421 e. The first-order valence-corrected chi connectivity index (χ1v) is 11.1. The SMILES string of the molecule is CC(C)NS(=O)(=O)c1ccccc1Nc1nc(S(C)(=O)=O)ncc1C(F)(F)F. The second kappa shape index (κ2) is 7.64. The van der Waals surface area contributed by atoms with E-state index in [2.05, 4.69) is 20.0 Å². The van der Waals surface area contributed by atoms with Crippen molar-refractivity contribution in [2.45, 2.75) is 36.1 Å². The van der Waals surface area contributed by atoms with Gasteiger partial charge in [0, 0.05) is 18.5 Å². The fourth-order valence-electron chi connectivity index (χ4n) is 2.15. The Kier molecular flexibility index (Phi) is 6.01. The average Bonchev–Trinajstić information content (AvgIpc) is 2.52. The highest BCUT2D eigenvalue weighted by Gasteiger charge is 2.36. The standard InChI is InChI=1S/C15H17F3N4O4S2/c1-9(2)22-28(25,26)12-7-5-4-6-11(12)20-13-10(15(16,17)18)8-19-14(21-13)27(3,23)24/h4-9,22H,1-3H3,(H,19,20,21). The van der Waals surface area contributed by atoms with E-state index in [9.17, 15) is 30.0 Å². The van der Waals surface area contributed by atoms with E-state index in [1.807, 2.05) is 0 Å². The summed E-state index contributed by atoms with van der Waals surface area (Å²) in [6.45, 7) is 3.16. The van der Waals surface area contributed by atoms with Crippen LogP contribution in [0.5, 0.6) is 0 Å². The van der Waals surface area contributed by atoms with Gasteiger partial charge in [-0.05, 0) is 26.0 Å². The molecule has 0 unspecified atom stereocenters. The van der Waals surface area contributed by atoms with Gasteiger partial charge in [-0.25, -0.2) is 31.5 Å². The number of benzene rings is 1. The molecule has 0 spiro atoms. The Hall–Kier alpha value is -2.25. The van der Waals surface area contributed by atoms with Gasteiger partial charge in [0.15, 0.2) is 0 Å². The molecule has 154 valence electrons. The first-order valence-electron chi connectivity index (χ1n) is 7.74. The highest BCUT2D eigenvalue weighted by atomic mass is 32.2. The Morgan fingerprint density at radius 3 is 2.21 bits per heavy atom. The van der Waals surface area contributed by atoms with Gasteiger partial charge in [0.25, 0.3) is 0 Å². The average molecular weight is 438 g/mol. The molecule has 0 aliphatic carbocycles. The van der Waals surface area contributed by atoms with Crippen LogP contribution in [0, 0.1) is 0 Å².